The number of aryl methyl sites for hydroxylation is 1. The molecular formula is C7H10N2OP+. The Morgan fingerprint density at radius 1 is 1.73 bits per heavy atom. The summed E-state index contributed by atoms with van der Waals surface area (Å²) in [4.78, 5) is 0. The number of hydrogen-bond donors (Lipinski definition) is 0. The van der Waals surface area contributed by atoms with Crippen molar-refractivity contribution in [3.05, 3.63) is 18.0 Å². The topological polar surface area (TPSA) is 34.9 Å². The summed E-state index contributed by atoms with van der Waals surface area (Å²) in [6.07, 6.45) is 5.48. The minimum atomic E-state index is -0.882. The lowest BCUT2D eigenvalue weighted by Crippen LogP contribution is -2.23. The quantitative estimate of drug-likeness (QED) is 0.598. The van der Waals surface area contributed by atoms with E-state index in [0.717, 1.165) is 12.3 Å². The van der Waals surface area contributed by atoms with E-state index in [1.54, 1.807) is 0 Å². The molecule has 2 heterocycles. The number of nitrogens with zero attached hydrogens (tertiary/aromatic N) is 2. The molecule has 3 nitrogen and oxygen atoms in total. The van der Waals surface area contributed by atoms with Gasteiger partial charge >= 0.3 is 7.80 Å². The molecule has 11 heavy (non-hydrogen) atoms. The SMILES string of the molecule is Cc1cnn(C2C[P+](=O)C2)c1. The normalized spacial score (nSPS) is 26.6. The molecular weight excluding hydrogens is 159 g/mol. The molecule has 1 aliphatic rings. The van der Waals surface area contributed by atoms with Gasteiger partial charge in [-0.2, -0.15) is 5.10 Å². The summed E-state index contributed by atoms with van der Waals surface area (Å²) in [6.45, 7) is 2.02. The minimum absolute atomic E-state index is 0.410. The van der Waals surface area contributed by atoms with E-state index in [2.05, 4.69) is 5.10 Å². The third kappa shape index (κ3) is 1.21. The highest BCUT2D eigenvalue weighted by Crippen LogP contribution is 2.41. The third-order valence-electron chi connectivity index (χ3n) is 1.93. The van der Waals surface area contributed by atoms with E-state index in [1.807, 2.05) is 24.0 Å². The van der Waals surface area contributed by atoms with Crippen LogP contribution in [0, 0.1) is 6.92 Å². The van der Waals surface area contributed by atoms with Crippen LogP contribution in [-0.4, -0.2) is 22.1 Å². The molecule has 1 aromatic rings. The van der Waals surface area contributed by atoms with E-state index in [4.69, 9.17) is 0 Å². The maximum atomic E-state index is 10.8. The Bertz CT molecular complexity index is 286. The van der Waals surface area contributed by atoms with Gasteiger partial charge in [-0.25, -0.2) is 0 Å². The lowest BCUT2D eigenvalue weighted by atomic mass is 10.4. The van der Waals surface area contributed by atoms with Gasteiger partial charge in [0.25, 0.3) is 0 Å². The van der Waals surface area contributed by atoms with Crippen LogP contribution < -0.4 is 0 Å². The van der Waals surface area contributed by atoms with E-state index >= 15 is 0 Å². The van der Waals surface area contributed by atoms with Gasteiger partial charge in [0.1, 0.15) is 6.04 Å². The predicted octanol–water partition coefficient (Wildman–Crippen LogP) is 1.57. The molecule has 58 valence electrons. The molecule has 0 aromatic carbocycles. The van der Waals surface area contributed by atoms with Gasteiger partial charge in [-0.05, 0) is 12.5 Å². The first kappa shape index (κ1) is 6.99. The van der Waals surface area contributed by atoms with Gasteiger partial charge < -0.3 is 0 Å². The van der Waals surface area contributed by atoms with Crippen LogP contribution in [0.25, 0.3) is 0 Å². The highest BCUT2D eigenvalue weighted by Gasteiger charge is 2.40. The molecule has 0 atom stereocenters. The Morgan fingerprint density at radius 2 is 2.45 bits per heavy atom. The Labute approximate surface area is 66.2 Å². The largest absolute Gasteiger partial charge is 0.343 e. The van der Waals surface area contributed by atoms with Gasteiger partial charge in [0.05, 0.1) is 6.20 Å². The molecule has 0 aliphatic carbocycles. The predicted molar refractivity (Wildman–Crippen MR) is 43.3 cm³/mol. The molecule has 0 radical (unpaired) electrons. The summed E-state index contributed by atoms with van der Waals surface area (Å²) < 4.78 is 12.7. The van der Waals surface area contributed by atoms with Gasteiger partial charge in [0, 0.05) is 6.20 Å². The number of rotatable bonds is 1. The van der Waals surface area contributed by atoms with Crippen LogP contribution in [0.5, 0.6) is 0 Å². The summed E-state index contributed by atoms with van der Waals surface area (Å²) in [6, 6.07) is 0.410. The third-order valence-corrected chi connectivity index (χ3v) is 3.59. The molecule has 0 spiro atoms. The van der Waals surface area contributed by atoms with E-state index in [0.29, 0.717) is 6.04 Å². The van der Waals surface area contributed by atoms with Crippen molar-refractivity contribution in [2.24, 2.45) is 0 Å². The standard InChI is InChI=1S/C7H10N2OP/c1-6-2-8-9(3-6)7-4-11(10)5-7/h2-3,7H,4-5H2,1H3/q+1. The fourth-order valence-electron chi connectivity index (χ4n) is 1.22. The van der Waals surface area contributed by atoms with Gasteiger partial charge in [-0.15, -0.1) is 0 Å². The van der Waals surface area contributed by atoms with Crippen molar-refractivity contribution in [3.63, 3.8) is 0 Å². The van der Waals surface area contributed by atoms with Crippen molar-refractivity contribution in [2.45, 2.75) is 13.0 Å². The minimum Gasteiger partial charge on any atom is -0.261 e. The second-order valence-electron chi connectivity index (χ2n) is 3.00. The lowest BCUT2D eigenvalue weighted by molar-refractivity contribution is 0.484. The molecule has 0 bridgehead atoms. The first-order chi connectivity index (χ1) is 5.25. The van der Waals surface area contributed by atoms with Crippen LogP contribution >= 0.6 is 7.80 Å². The fourth-order valence-corrected chi connectivity index (χ4v) is 2.38. The van der Waals surface area contributed by atoms with Crippen LogP contribution in [0.4, 0.5) is 0 Å². The van der Waals surface area contributed by atoms with Crippen LogP contribution in [0.15, 0.2) is 12.4 Å². The zero-order valence-corrected chi connectivity index (χ0v) is 7.29. The first-order valence-corrected chi connectivity index (χ1v) is 5.31. The van der Waals surface area contributed by atoms with Gasteiger partial charge in [0.15, 0.2) is 12.3 Å². The Kier molecular flexibility index (Phi) is 1.53. The van der Waals surface area contributed by atoms with Gasteiger partial charge in [0.2, 0.25) is 0 Å². The smallest absolute Gasteiger partial charge is 0.261 e. The second kappa shape index (κ2) is 2.42. The molecule has 1 fully saturated rings. The highest BCUT2D eigenvalue weighted by atomic mass is 31.1. The Morgan fingerprint density at radius 3 is 2.91 bits per heavy atom. The van der Waals surface area contributed by atoms with Crippen molar-refractivity contribution < 1.29 is 4.57 Å². The lowest BCUT2D eigenvalue weighted by Gasteiger charge is -2.14. The maximum absolute atomic E-state index is 10.8. The Hall–Kier alpha value is -0.690. The summed E-state index contributed by atoms with van der Waals surface area (Å²) in [5.41, 5.74) is 1.17. The molecule has 4 heteroatoms. The van der Waals surface area contributed by atoms with Gasteiger partial charge in [-0.1, -0.05) is 4.57 Å². The van der Waals surface area contributed by atoms with E-state index < -0.39 is 7.80 Å². The molecule has 1 aromatic heterocycles. The number of aromatic nitrogens is 2. The highest BCUT2D eigenvalue weighted by molar-refractivity contribution is 7.46. The first-order valence-electron chi connectivity index (χ1n) is 3.68. The summed E-state index contributed by atoms with van der Waals surface area (Å²) >= 11 is 0. The van der Waals surface area contributed by atoms with Crippen LogP contribution in [0.3, 0.4) is 0 Å². The van der Waals surface area contributed by atoms with Crippen molar-refractivity contribution in [1.82, 2.24) is 9.78 Å². The van der Waals surface area contributed by atoms with Crippen LogP contribution in [-0.2, 0) is 4.57 Å². The average molecular weight is 169 g/mol. The summed E-state index contributed by atoms with van der Waals surface area (Å²) in [5.74, 6) is 0. The molecule has 0 amide bonds. The van der Waals surface area contributed by atoms with Crippen LogP contribution in [0.2, 0.25) is 0 Å². The fraction of sp³-hybridized carbons (Fsp3) is 0.571. The van der Waals surface area contributed by atoms with Crippen molar-refractivity contribution >= 4 is 7.80 Å². The molecule has 2 rings (SSSR count). The second-order valence-corrected chi connectivity index (χ2v) is 4.69. The van der Waals surface area contributed by atoms with Gasteiger partial charge in [-0.3, -0.25) is 4.68 Å². The molecule has 0 saturated carbocycles. The number of hydrogen-bond acceptors (Lipinski definition) is 2. The maximum Gasteiger partial charge on any atom is 0.343 e. The van der Waals surface area contributed by atoms with Crippen molar-refractivity contribution in [1.29, 1.82) is 0 Å². The summed E-state index contributed by atoms with van der Waals surface area (Å²) in [7, 11) is -0.882. The molecule has 0 N–H and O–H groups in total. The monoisotopic (exact) mass is 169 g/mol. The van der Waals surface area contributed by atoms with E-state index in [1.165, 1.54) is 5.56 Å². The zero-order valence-electron chi connectivity index (χ0n) is 6.40. The van der Waals surface area contributed by atoms with E-state index in [9.17, 15) is 4.57 Å². The van der Waals surface area contributed by atoms with Crippen molar-refractivity contribution in [3.8, 4) is 0 Å². The van der Waals surface area contributed by atoms with Crippen LogP contribution in [0.1, 0.15) is 11.6 Å². The average Bonchev–Trinajstić information content (AvgIpc) is 2.29. The molecule has 1 aliphatic heterocycles. The molecule has 0 unspecified atom stereocenters. The Balaban J connectivity index is 2.12. The molecule has 1 saturated heterocycles. The zero-order chi connectivity index (χ0) is 7.84. The summed E-state index contributed by atoms with van der Waals surface area (Å²) in [5, 5.41) is 4.16. The van der Waals surface area contributed by atoms with Crippen molar-refractivity contribution in [2.75, 3.05) is 12.3 Å². The van der Waals surface area contributed by atoms with E-state index in [-0.39, 0.29) is 0 Å².